The first-order valence-electron chi connectivity index (χ1n) is 6.47. The van der Waals surface area contributed by atoms with Crippen LogP contribution in [0, 0.1) is 0 Å². The number of carbonyl (C=O) groups excluding carboxylic acids is 1. The van der Waals surface area contributed by atoms with E-state index >= 15 is 0 Å². The normalized spacial score (nSPS) is 11.3. The quantitative estimate of drug-likeness (QED) is 0.684. The molecule has 2 aromatic rings. The Morgan fingerprint density at radius 3 is 2.45 bits per heavy atom. The largest absolute Gasteiger partial charge is 0.489 e. The molecule has 3 nitrogen and oxygen atoms in total. The second kappa shape index (κ2) is 6.09. The van der Waals surface area contributed by atoms with Gasteiger partial charge < -0.3 is 10.5 Å². The van der Waals surface area contributed by atoms with Crippen molar-refractivity contribution in [1.82, 2.24) is 0 Å². The second-order valence-corrected chi connectivity index (χ2v) is 4.75. The van der Waals surface area contributed by atoms with Crippen molar-refractivity contribution in [1.29, 1.82) is 0 Å². The molecule has 2 aromatic carbocycles. The van der Waals surface area contributed by atoms with Crippen LogP contribution in [0.1, 0.15) is 28.4 Å². The zero-order valence-corrected chi connectivity index (χ0v) is 11.8. The van der Waals surface area contributed by atoms with Crippen molar-refractivity contribution in [2.45, 2.75) is 19.7 Å². The highest BCUT2D eigenvalue weighted by atomic mass is 19.4. The highest BCUT2D eigenvalue weighted by Gasteiger charge is 2.32. The number of alkyl halides is 3. The van der Waals surface area contributed by atoms with E-state index in [0.29, 0.717) is 11.3 Å². The monoisotopic (exact) mass is 309 g/mol. The minimum atomic E-state index is -4.43. The molecule has 0 fully saturated rings. The van der Waals surface area contributed by atoms with Crippen molar-refractivity contribution in [2.75, 3.05) is 5.73 Å². The molecule has 6 heteroatoms. The number of ether oxygens (including phenoxy) is 1. The molecule has 0 aliphatic heterocycles. The van der Waals surface area contributed by atoms with Crippen LogP contribution in [-0.2, 0) is 12.8 Å². The minimum Gasteiger partial charge on any atom is -0.489 e. The lowest BCUT2D eigenvalue weighted by molar-refractivity contribution is -0.138. The van der Waals surface area contributed by atoms with Crippen LogP contribution in [0.3, 0.4) is 0 Å². The predicted octanol–water partition coefficient (Wildman–Crippen LogP) is 4.07. The van der Waals surface area contributed by atoms with Gasteiger partial charge in [-0.1, -0.05) is 18.2 Å². The SMILES string of the molecule is CC(=O)c1ccc(OCc2ccccc2C(F)(F)F)cc1N. The van der Waals surface area contributed by atoms with Gasteiger partial charge in [-0.3, -0.25) is 4.79 Å². The first-order valence-corrected chi connectivity index (χ1v) is 6.47. The third-order valence-electron chi connectivity index (χ3n) is 3.12. The van der Waals surface area contributed by atoms with Gasteiger partial charge >= 0.3 is 6.18 Å². The number of benzene rings is 2. The van der Waals surface area contributed by atoms with Gasteiger partial charge in [0.05, 0.1) is 5.56 Å². The minimum absolute atomic E-state index is 0.0317. The fraction of sp³-hybridized carbons (Fsp3) is 0.188. The Morgan fingerprint density at radius 1 is 1.18 bits per heavy atom. The summed E-state index contributed by atoms with van der Waals surface area (Å²) in [6, 6.07) is 9.62. The topological polar surface area (TPSA) is 52.3 Å². The van der Waals surface area contributed by atoms with Crippen molar-refractivity contribution >= 4 is 11.5 Å². The van der Waals surface area contributed by atoms with Crippen LogP contribution in [0.4, 0.5) is 18.9 Å². The summed E-state index contributed by atoms with van der Waals surface area (Å²) < 4.78 is 44.0. The fourth-order valence-corrected chi connectivity index (χ4v) is 2.04. The summed E-state index contributed by atoms with van der Waals surface area (Å²) in [5, 5.41) is 0. The van der Waals surface area contributed by atoms with Gasteiger partial charge in [0.1, 0.15) is 12.4 Å². The van der Waals surface area contributed by atoms with Gasteiger partial charge in [-0.25, -0.2) is 0 Å². The number of carbonyl (C=O) groups is 1. The summed E-state index contributed by atoms with van der Waals surface area (Å²) in [6.45, 7) is 1.14. The number of halogens is 3. The van der Waals surface area contributed by atoms with Gasteiger partial charge in [-0.15, -0.1) is 0 Å². The molecular weight excluding hydrogens is 295 g/mol. The standard InChI is InChI=1S/C16H14F3NO2/c1-10(21)13-7-6-12(8-15(13)20)22-9-11-4-2-3-5-14(11)16(17,18)19/h2-8H,9,20H2,1H3. The van der Waals surface area contributed by atoms with Crippen LogP contribution in [0.5, 0.6) is 5.75 Å². The number of hydrogen-bond acceptors (Lipinski definition) is 3. The molecule has 0 aromatic heterocycles. The first-order chi connectivity index (χ1) is 10.3. The van der Waals surface area contributed by atoms with E-state index in [1.165, 1.54) is 43.3 Å². The first kappa shape index (κ1) is 15.9. The smallest absolute Gasteiger partial charge is 0.416 e. The molecule has 0 bridgehead atoms. The number of anilines is 1. The molecule has 0 saturated heterocycles. The van der Waals surface area contributed by atoms with Crippen LogP contribution in [0.15, 0.2) is 42.5 Å². The zero-order chi connectivity index (χ0) is 16.3. The zero-order valence-electron chi connectivity index (χ0n) is 11.8. The van der Waals surface area contributed by atoms with E-state index in [0.717, 1.165) is 6.07 Å². The van der Waals surface area contributed by atoms with Gasteiger partial charge in [0.25, 0.3) is 0 Å². The maximum Gasteiger partial charge on any atom is 0.416 e. The average Bonchev–Trinajstić information content (AvgIpc) is 2.44. The van der Waals surface area contributed by atoms with E-state index in [4.69, 9.17) is 10.5 Å². The molecule has 0 amide bonds. The molecule has 0 aliphatic carbocycles. The molecule has 0 atom stereocenters. The lowest BCUT2D eigenvalue weighted by Gasteiger charge is -2.14. The number of nitrogen functional groups attached to an aromatic ring is 1. The average molecular weight is 309 g/mol. The lowest BCUT2D eigenvalue weighted by atomic mass is 10.1. The summed E-state index contributed by atoms with van der Waals surface area (Å²) >= 11 is 0. The van der Waals surface area contributed by atoms with Crippen LogP contribution in [-0.4, -0.2) is 5.78 Å². The molecule has 0 radical (unpaired) electrons. The van der Waals surface area contributed by atoms with Gasteiger partial charge in [0, 0.05) is 22.9 Å². The Hall–Kier alpha value is -2.50. The summed E-state index contributed by atoms with van der Waals surface area (Å²) in [7, 11) is 0. The molecule has 0 saturated carbocycles. The molecule has 22 heavy (non-hydrogen) atoms. The van der Waals surface area contributed by atoms with E-state index < -0.39 is 11.7 Å². The Morgan fingerprint density at radius 2 is 1.86 bits per heavy atom. The van der Waals surface area contributed by atoms with E-state index in [-0.39, 0.29) is 23.6 Å². The Balaban J connectivity index is 2.18. The van der Waals surface area contributed by atoms with Gasteiger partial charge in [-0.2, -0.15) is 13.2 Å². The maximum atomic E-state index is 12.9. The van der Waals surface area contributed by atoms with Crippen LogP contribution in [0.2, 0.25) is 0 Å². The molecule has 116 valence electrons. The molecule has 2 N–H and O–H groups in total. The summed E-state index contributed by atoms with van der Waals surface area (Å²) in [4.78, 5) is 11.3. The second-order valence-electron chi connectivity index (χ2n) is 4.75. The number of nitrogens with two attached hydrogens (primary N) is 1. The third-order valence-corrected chi connectivity index (χ3v) is 3.12. The summed E-state index contributed by atoms with van der Waals surface area (Å²) in [6.07, 6.45) is -4.43. The number of hydrogen-bond donors (Lipinski definition) is 1. The predicted molar refractivity (Wildman–Crippen MR) is 76.6 cm³/mol. The third kappa shape index (κ3) is 3.58. The van der Waals surface area contributed by atoms with Crippen molar-refractivity contribution in [2.24, 2.45) is 0 Å². The number of Topliss-reactive ketones (excluding diaryl/α,β-unsaturated/α-hetero) is 1. The Kier molecular flexibility index (Phi) is 4.40. The van der Waals surface area contributed by atoms with Crippen molar-refractivity contribution < 1.29 is 22.7 Å². The number of ketones is 1. The Labute approximate surface area is 125 Å². The van der Waals surface area contributed by atoms with E-state index in [1.807, 2.05) is 0 Å². The van der Waals surface area contributed by atoms with Crippen LogP contribution < -0.4 is 10.5 Å². The van der Waals surface area contributed by atoms with Crippen LogP contribution >= 0.6 is 0 Å². The van der Waals surface area contributed by atoms with E-state index in [1.54, 1.807) is 0 Å². The van der Waals surface area contributed by atoms with Gasteiger partial charge in [0.15, 0.2) is 5.78 Å². The van der Waals surface area contributed by atoms with Gasteiger partial charge in [0.2, 0.25) is 0 Å². The Bertz CT molecular complexity index is 696. The molecule has 2 rings (SSSR count). The fourth-order valence-electron chi connectivity index (χ4n) is 2.04. The van der Waals surface area contributed by atoms with Crippen molar-refractivity contribution in [3.05, 3.63) is 59.2 Å². The van der Waals surface area contributed by atoms with Crippen LogP contribution in [0.25, 0.3) is 0 Å². The lowest BCUT2D eigenvalue weighted by Crippen LogP contribution is -2.10. The molecule has 0 heterocycles. The molecule has 0 unspecified atom stereocenters. The molecular formula is C16H14F3NO2. The number of rotatable bonds is 4. The maximum absolute atomic E-state index is 12.9. The van der Waals surface area contributed by atoms with Crippen molar-refractivity contribution in [3.63, 3.8) is 0 Å². The van der Waals surface area contributed by atoms with Gasteiger partial charge in [-0.05, 0) is 25.1 Å². The summed E-state index contributed by atoms with van der Waals surface area (Å²) in [5.41, 5.74) is 5.59. The molecule has 0 spiro atoms. The highest BCUT2D eigenvalue weighted by Crippen LogP contribution is 2.32. The summed E-state index contributed by atoms with van der Waals surface area (Å²) in [5.74, 6) is 0.117. The van der Waals surface area contributed by atoms with Crippen molar-refractivity contribution in [3.8, 4) is 5.75 Å². The van der Waals surface area contributed by atoms with E-state index in [9.17, 15) is 18.0 Å². The van der Waals surface area contributed by atoms with E-state index in [2.05, 4.69) is 0 Å². The molecule has 0 aliphatic rings. The highest BCUT2D eigenvalue weighted by molar-refractivity contribution is 5.99.